The molecular formula is C22H21F2NO5S. The number of amides is 1. The van der Waals surface area contributed by atoms with Gasteiger partial charge in [0.05, 0.1) is 18.2 Å². The second kappa shape index (κ2) is 10.4. The van der Waals surface area contributed by atoms with Crippen molar-refractivity contribution in [3.8, 4) is 16.9 Å². The topological polar surface area (TPSA) is 88.8 Å². The van der Waals surface area contributed by atoms with Crippen molar-refractivity contribution in [2.24, 2.45) is 0 Å². The van der Waals surface area contributed by atoms with Crippen molar-refractivity contribution < 1.29 is 27.8 Å². The van der Waals surface area contributed by atoms with Crippen molar-refractivity contribution in [3.05, 3.63) is 64.5 Å². The molecule has 0 bridgehead atoms. The van der Waals surface area contributed by atoms with Crippen LogP contribution in [0.2, 0.25) is 0 Å². The minimum atomic E-state index is -0.798. The maximum absolute atomic E-state index is 13.5. The Labute approximate surface area is 181 Å². The molecule has 0 fully saturated rings. The summed E-state index contributed by atoms with van der Waals surface area (Å²) in [5.41, 5.74) is -0.451. The van der Waals surface area contributed by atoms with E-state index in [1.54, 1.807) is 23.9 Å². The highest BCUT2D eigenvalue weighted by Crippen LogP contribution is 2.25. The largest absolute Gasteiger partial charge is 0.484 e. The number of ether oxygens (including phenoxy) is 1. The molecule has 0 saturated heterocycles. The number of hydrogen-bond acceptors (Lipinski definition) is 6. The third kappa shape index (κ3) is 6.05. The second-order valence-electron chi connectivity index (χ2n) is 6.82. The van der Waals surface area contributed by atoms with E-state index in [2.05, 4.69) is 5.32 Å². The lowest BCUT2D eigenvalue weighted by Gasteiger charge is -2.16. The first-order valence-electron chi connectivity index (χ1n) is 9.46. The molecule has 3 aromatic rings. The molecule has 6 nitrogen and oxygen atoms in total. The summed E-state index contributed by atoms with van der Waals surface area (Å²) in [5.74, 6) is -0.868. The molecular weight excluding hydrogens is 428 g/mol. The first kappa shape index (κ1) is 22.8. The van der Waals surface area contributed by atoms with Crippen LogP contribution in [0, 0.1) is 11.6 Å². The molecule has 0 aliphatic carbocycles. The number of hydrogen-bond donors (Lipinski definition) is 2. The predicted octanol–water partition coefficient (Wildman–Crippen LogP) is 3.35. The molecule has 2 aromatic carbocycles. The van der Waals surface area contributed by atoms with Gasteiger partial charge in [-0.05, 0) is 54.3 Å². The first-order chi connectivity index (χ1) is 14.9. The quantitative estimate of drug-likeness (QED) is 0.487. The summed E-state index contributed by atoms with van der Waals surface area (Å²) in [6, 6.07) is 8.61. The lowest BCUT2D eigenvalue weighted by molar-refractivity contribution is -0.124. The molecule has 1 heterocycles. The Kier molecular flexibility index (Phi) is 7.64. The van der Waals surface area contributed by atoms with Gasteiger partial charge in [0, 0.05) is 17.5 Å². The molecule has 31 heavy (non-hydrogen) atoms. The summed E-state index contributed by atoms with van der Waals surface area (Å²) >= 11 is 1.62. The monoisotopic (exact) mass is 449 g/mol. The number of aliphatic hydroxyl groups is 1. The lowest BCUT2D eigenvalue weighted by atomic mass is 10.1. The predicted molar refractivity (Wildman–Crippen MR) is 115 cm³/mol. The van der Waals surface area contributed by atoms with E-state index in [1.165, 1.54) is 12.1 Å². The van der Waals surface area contributed by atoms with Gasteiger partial charge in [-0.25, -0.2) is 13.6 Å². The van der Waals surface area contributed by atoms with E-state index in [1.807, 2.05) is 6.26 Å². The molecule has 0 radical (unpaired) electrons. The minimum absolute atomic E-state index is 0.0271. The van der Waals surface area contributed by atoms with Crippen molar-refractivity contribution in [3.63, 3.8) is 0 Å². The Hall–Kier alpha value is -2.91. The van der Waals surface area contributed by atoms with Gasteiger partial charge in [-0.1, -0.05) is 0 Å². The van der Waals surface area contributed by atoms with Crippen LogP contribution in [0.5, 0.6) is 5.75 Å². The van der Waals surface area contributed by atoms with Gasteiger partial charge in [0.1, 0.15) is 23.0 Å². The number of aliphatic hydroxyl groups excluding tert-OH is 1. The van der Waals surface area contributed by atoms with Crippen molar-refractivity contribution in [1.29, 1.82) is 0 Å². The van der Waals surface area contributed by atoms with E-state index in [-0.39, 0.29) is 41.9 Å². The van der Waals surface area contributed by atoms with Gasteiger partial charge in [-0.3, -0.25) is 4.79 Å². The van der Waals surface area contributed by atoms with Crippen LogP contribution in [-0.4, -0.2) is 42.3 Å². The number of nitrogens with one attached hydrogen (secondary N) is 1. The summed E-state index contributed by atoms with van der Waals surface area (Å²) in [4.78, 5) is 24.4. The Morgan fingerprint density at radius 3 is 2.61 bits per heavy atom. The van der Waals surface area contributed by atoms with Gasteiger partial charge in [-0.15, -0.1) is 0 Å². The number of benzene rings is 2. The summed E-state index contributed by atoms with van der Waals surface area (Å²) in [5, 5.41) is 12.5. The molecule has 0 unspecified atom stereocenters. The van der Waals surface area contributed by atoms with Crippen LogP contribution in [0.3, 0.4) is 0 Å². The Balaban J connectivity index is 1.73. The molecule has 2 N–H and O–H groups in total. The molecule has 0 saturated carbocycles. The minimum Gasteiger partial charge on any atom is -0.484 e. The zero-order valence-corrected chi connectivity index (χ0v) is 17.5. The fourth-order valence-electron chi connectivity index (χ4n) is 2.98. The van der Waals surface area contributed by atoms with Crippen LogP contribution in [-0.2, 0) is 4.79 Å². The van der Waals surface area contributed by atoms with Crippen molar-refractivity contribution in [2.45, 2.75) is 12.5 Å². The Morgan fingerprint density at radius 2 is 1.94 bits per heavy atom. The lowest BCUT2D eigenvalue weighted by Crippen LogP contribution is -2.40. The molecule has 0 spiro atoms. The van der Waals surface area contributed by atoms with E-state index in [0.717, 1.165) is 24.0 Å². The highest BCUT2D eigenvalue weighted by Gasteiger charge is 2.13. The molecule has 9 heteroatoms. The number of carbonyl (C=O) groups is 1. The average Bonchev–Trinajstić information content (AvgIpc) is 2.73. The second-order valence-corrected chi connectivity index (χ2v) is 7.81. The van der Waals surface area contributed by atoms with Crippen LogP contribution < -0.4 is 15.7 Å². The van der Waals surface area contributed by atoms with Crippen molar-refractivity contribution >= 4 is 28.6 Å². The highest BCUT2D eigenvalue weighted by molar-refractivity contribution is 7.98. The Bertz CT molecular complexity index is 1110. The van der Waals surface area contributed by atoms with Gasteiger partial charge < -0.3 is 19.6 Å². The molecule has 1 amide bonds. The maximum atomic E-state index is 13.5. The van der Waals surface area contributed by atoms with Gasteiger partial charge in [0.15, 0.2) is 6.61 Å². The van der Waals surface area contributed by atoms with Gasteiger partial charge in [0.2, 0.25) is 0 Å². The molecule has 1 atom stereocenters. The molecule has 164 valence electrons. The fraction of sp³-hybridized carbons (Fsp3) is 0.273. The van der Waals surface area contributed by atoms with E-state index in [0.29, 0.717) is 17.6 Å². The van der Waals surface area contributed by atoms with Crippen LogP contribution in [0.25, 0.3) is 22.1 Å². The zero-order valence-electron chi connectivity index (χ0n) is 16.7. The normalized spacial score (nSPS) is 12.0. The average molecular weight is 449 g/mol. The molecule has 1 aromatic heterocycles. The molecule has 3 rings (SSSR count). The van der Waals surface area contributed by atoms with Crippen LogP contribution in [0.1, 0.15) is 6.42 Å². The standard InChI is InChI=1S/C22H21F2NO5S/c1-31-5-4-17(11-26)25-21(27)12-29-18-3-2-13-8-19(22(28)30-20(13)10-18)14-6-15(23)9-16(24)7-14/h2-3,6-10,17,26H,4-5,11-12H2,1H3,(H,25,27)/t17-/m1/s1. The van der Waals surface area contributed by atoms with E-state index in [4.69, 9.17) is 9.15 Å². The fourth-order valence-corrected chi connectivity index (χ4v) is 3.50. The number of halogens is 2. The van der Waals surface area contributed by atoms with Gasteiger partial charge in [0.25, 0.3) is 5.91 Å². The van der Waals surface area contributed by atoms with E-state index < -0.39 is 17.3 Å². The van der Waals surface area contributed by atoms with Gasteiger partial charge >= 0.3 is 5.63 Å². The van der Waals surface area contributed by atoms with E-state index in [9.17, 15) is 23.5 Å². The van der Waals surface area contributed by atoms with Crippen LogP contribution in [0.15, 0.2) is 51.7 Å². The summed E-state index contributed by atoms with van der Waals surface area (Å²) < 4.78 is 37.7. The molecule has 0 aliphatic rings. The molecule has 0 aliphatic heterocycles. The highest BCUT2D eigenvalue weighted by atomic mass is 32.2. The maximum Gasteiger partial charge on any atom is 0.344 e. The van der Waals surface area contributed by atoms with E-state index >= 15 is 0 Å². The third-order valence-electron chi connectivity index (χ3n) is 4.51. The number of fused-ring (bicyclic) bond motifs is 1. The zero-order chi connectivity index (χ0) is 22.4. The Morgan fingerprint density at radius 1 is 1.19 bits per heavy atom. The SMILES string of the molecule is CSCC[C@H](CO)NC(=O)COc1ccc2cc(-c3cc(F)cc(F)c3)c(=O)oc2c1. The third-order valence-corrected chi connectivity index (χ3v) is 5.15. The summed E-state index contributed by atoms with van der Waals surface area (Å²) in [6.45, 7) is -0.433. The van der Waals surface area contributed by atoms with Crippen molar-refractivity contribution in [1.82, 2.24) is 5.32 Å². The van der Waals surface area contributed by atoms with Crippen LogP contribution >= 0.6 is 11.8 Å². The van der Waals surface area contributed by atoms with Crippen molar-refractivity contribution in [2.75, 3.05) is 25.2 Å². The number of thioether (sulfide) groups is 1. The smallest absolute Gasteiger partial charge is 0.344 e. The summed E-state index contributed by atoms with van der Waals surface area (Å²) in [7, 11) is 0. The van der Waals surface area contributed by atoms with Gasteiger partial charge in [-0.2, -0.15) is 11.8 Å². The van der Waals surface area contributed by atoms with Crippen LogP contribution in [0.4, 0.5) is 8.78 Å². The number of rotatable bonds is 9. The number of carbonyl (C=O) groups excluding carboxylic acids is 1. The first-order valence-corrected chi connectivity index (χ1v) is 10.9. The summed E-state index contributed by atoms with van der Waals surface area (Å²) in [6.07, 6.45) is 2.58.